The number of carbonyl (C=O) groups excluding carboxylic acids is 1. The van der Waals surface area contributed by atoms with Crippen LogP contribution in [0.2, 0.25) is 5.02 Å². The number of benzene rings is 2. The lowest BCUT2D eigenvalue weighted by Crippen LogP contribution is -2.24. The van der Waals surface area contributed by atoms with Gasteiger partial charge >= 0.3 is 0 Å². The van der Waals surface area contributed by atoms with Crippen molar-refractivity contribution in [1.29, 1.82) is 0 Å². The number of para-hydroxylation sites is 2. The van der Waals surface area contributed by atoms with E-state index in [1.54, 1.807) is 22.8 Å². The summed E-state index contributed by atoms with van der Waals surface area (Å²) in [6.07, 6.45) is 0.851. The molecule has 1 N–H and O–H groups in total. The van der Waals surface area contributed by atoms with Gasteiger partial charge in [0.1, 0.15) is 0 Å². The average molecular weight is 456 g/mol. The number of aryl methyl sites for hydroxylation is 1. The summed E-state index contributed by atoms with van der Waals surface area (Å²) in [4.78, 5) is 25.5. The fraction of sp³-hybridized carbons (Fsp3) is 0.273. The Morgan fingerprint density at radius 2 is 1.87 bits per heavy atom. The molecule has 0 fully saturated rings. The molecule has 2 aromatic carbocycles. The van der Waals surface area contributed by atoms with Crippen molar-refractivity contribution in [3.05, 3.63) is 63.9 Å². The zero-order chi connectivity index (χ0) is 22.0. The number of aromatic nitrogens is 4. The maximum absolute atomic E-state index is 13.1. The van der Waals surface area contributed by atoms with Gasteiger partial charge in [0, 0.05) is 6.54 Å². The largest absolute Gasteiger partial charge is 0.324 e. The number of thioether (sulfide) groups is 1. The van der Waals surface area contributed by atoms with Crippen LogP contribution in [0.1, 0.15) is 20.3 Å². The first kappa shape index (κ1) is 21.4. The topological polar surface area (TPSA) is 81.3 Å². The molecule has 160 valence electrons. The number of nitrogens with zero attached hydrogens (tertiary/aromatic N) is 4. The number of hydrogen-bond acceptors (Lipinski definition) is 5. The lowest BCUT2D eigenvalue weighted by atomic mass is 10.1. The molecule has 0 aliphatic carbocycles. The van der Waals surface area contributed by atoms with E-state index < -0.39 is 0 Å². The summed E-state index contributed by atoms with van der Waals surface area (Å²) in [6.45, 7) is 4.79. The van der Waals surface area contributed by atoms with E-state index in [9.17, 15) is 9.59 Å². The first-order valence-corrected chi connectivity index (χ1v) is 11.4. The molecule has 0 unspecified atom stereocenters. The van der Waals surface area contributed by atoms with Crippen LogP contribution < -0.4 is 10.9 Å². The van der Waals surface area contributed by atoms with Crippen molar-refractivity contribution in [3.8, 4) is 0 Å². The molecular formula is C22H22ClN5O2S. The highest BCUT2D eigenvalue weighted by atomic mass is 35.5. The molecule has 0 saturated carbocycles. The van der Waals surface area contributed by atoms with Gasteiger partial charge in [-0.05, 0) is 36.6 Å². The molecule has 0 saturated heterocycles. The second-order valence-electron chi connectivity index (χ2n) is 7.59. The van der Waals surface area contributed by atoms with E-state index in [1.165, 1.54) is 11.8 Å². The van der Waals surface area contributed by atoms with Crippen molar-refractivity contribution in [3.63, 3.8) is 0 Å². The van der Waals surface area contributed by atoms with Crippen LogP contribution in [0.15, 0.2) is 58.5 Å². The van der Waals surface area contributed by atoms with Crippen molar-refractivity contribution in [1.82, 2.24) is 19.2 Å². The van der Waals surface area contributed by atoms with Gasteiger partial charge in [-0.2, -0.15) is 0 Å². The van der Waals surface area contributed by atoms with E-state index in [2.05, 4.69) is 29.4 Å². The van der Waals surface area contributed by atoms with Crippen LogP contribution in [-0.4, -0.2) is 30.8 Å². The van der Waals surface area contributed by atoms with Gasteiger partial charge in [0.25, 0.3) is 5.56 Å². The van der Waals surface area contributed by atoms with Crippen molar-refractivity contribution in [2.75, 3.05) is 11.1 Å². The molecule has 0 radical (unpaired) electrons. The second kappa shape index (κ2) is 9.11. The van der Waals surface area contributed by atoms with Gasteiger partial charge in [0.05, 0.1) is 27.4 Å². The van der Waals surface area contributed by atoms with Crippen molar-refractivity contribution in [2.24, 2.45) is 5.92 Å². The Hall–Kier alpha value is -2.84. The van der Waals surface area contributed by atoms with Crippen LogP contribution in [0, 0.1) is 5.92 Å². The smallest absolute Gasteiger partial charge is 0.262 e. The number of amides is 1. The molecular weight excluding hydrogens is 434 g/mol. The number of nitrogens with one attached hydrogen (secondary N) is 1. The highest BCUT2D eigenvalue weighted by Crippen LogP contribution is 2.24. The third kappa shape index (κ3) is 4.45. The molecule has 1 amide bonds. The zero-order valence-corrected chi connectivity index (χ0v) is 18.8. The molecule has 0 bridgehead atoms. The predicted octanol–water partition coefficient (Wildman–Crippen LogP) is 4.47. The van der Waals surface area contributed by atoms with Gasteiger partial charge in [-0.3, -0.25) is 18.6 Å². The lowest BCUT2D eigenvalue weighted by Gasteiger charge is -2.12. The maximum atomic E-state index is 13.1. The summed E-state index contributed by atoms with van der Waals surface area (Å²) < 4.78 is 3.52. The SMILES string of the molecule is CC(C)CCn1c(=O)c2ccccc2n2c(SCC(=O)Nc3ccccc3Cl)nnc12. The van der Waals surface area contributed by atoms with Gasteiger partial charge < -0.3 is 5.32 Å². The fourth-order valence-electron chi connectivity index (χ4n) is 3.29. The van der Waals surface area contributed by atoms with Crippen molar-refractivity contribution in [2.45, 2.75) is 32.0 Å². The number of anilines is 1. The Balaban J connectivity index is 1.67. The van der Waals surface area contributed by atoms with Crippen molar-refractivity contribution < 1.29 is 4.79 Å². The summed E-state index contributed by atoms with van der Waals surface area (Å²) in [5.41, 5.74) is 1.21. The molecule has 4 aromatic rings. The monoisotopic (exact) mass is 455 g/mol. The van der Waals surface area contributed by atoms with Gasteiger partial charge in [0.15, 0.2) is 5.16 Å². The van der Waals surface area contributed by atoms with Gasteiger partial charge in [0.2, 0.25) is 11.7 Å². The predicted molar refractivity (Wildman–Crippen MR) is 125 cm³/mol. The quantitative estimate of drug-likeness (QED) is 0.416. The van der Waals surface area contributed by atoms with Crippen LogP contribution in [-0.2, 0) is 11.3 Å². The highest BCUT2D eigenvalue weighted by Gasteiger charge is 2.18. The zero-order valence-electron chi connectivity index (χ0n) is 17.2. The van der Waals surface area contributed by atoms with E-state index in [4.69, 9.17) is 11.6 Å². The molecule has 4 rings (SSSR count). The van der Waals surface area contributed by atoms with E-state index in [1.807, 2.05) is 34.7 Å². The first-order chi connectivity index (χ1) is 15.0. The number of carbonyl (C=O) groups is 1. The van der Waals surface area contributed by atoms with Crippen molar-refractivity contribution >= 4 is 51.6 Å². The third-order valence-corrected chi connectivity index (χ3v) is 6.15. The Labute approximate surface area is 188 Å². The molecule has 2 aromatic heterocycles. The molecule has 7 nitrogen and oxygen atoms in total. The van der Waals surface area contributed by atoms with Crippen LogP contribution in [0.25, 0.3) is 16.7 Å². The minimum Gasteiger partial charge on any atom is -0.324 e. The average Bonchev–Trinajstić information content (AvgIpc) is 3.17. The van der Waals surface area contributed by atoms with Crippen LogP contribution in [0.4, 0.5) is 5.69 Å². The molecule has 31 heavy (non-hydrogen) atoms. The normalized spacial score (nSPS) is 11.5. The standard InChI is InChI=1S/C22H22ClN5O2S/c1-14(2)11-12-27-20(30)15-7-3-6-10-18(15)28-21(27)25-26-22(28)31-13-19(29)24-17-9-5-4-8-16(17)23/h3-10,14H,11-13H2,1-2H3,(H,24,29). The Kier molecular flexibility index (Phi) is 6.29. The maximum Gasteiger partial charge on any atom is 0.262 e. The summed E-state index contributed by atoms with van der Waals surface area (Å²) in [5.74, 6) is 0.861. The van der Waals surface area contributed by atoms with Gasteiger partial charge in [-0.15, -0.1) is 10.2 Å². The third-order valence-electron chi connectivity index (χ3n) is 4.89. The first-order valence-electron chi connectivity index (χ1n) is 9.99. The molecule has 0 atom stereocenters. The van der Waals surface area contributed by atoms with Crippen LogP contribution in [0.5, 0.6) is 0 Å². The summed E-state index contributed by atoms with van der Waals surface area (Å²) >= 11 is 7.38. The lowest BCUT2D eigenvalue weighted by molar-refractivity contribution is -0.113. The van der Waals surface area contributed by atoms with E-state index in [0.29, 0.717) is 39.5 Å². The summed E-state index contributed by atoms with van der Waals surface area (Å²) in [7, 11) is 0. The summed E-state index contributed by atoms with van der Waals surface area (Å²) in [6, 6.07) is 14.5. The Morgan fingerprint density at radius 1 is 1.13 bits per heavy atom. The van der Waals surface area contributed by atoms with E-state index >= 15 is 0 Å². The number of hydrogen-bond donors (Lipinski definition) is 1. The van der Waals surface area contributed by atoms with Crippen LogP contribution in [0.3, 0.4) is 0 Å². The van der Waals surface area contributed by atoms with Gasteiger partial charge in [-0.1, -0.05) is 61.5 Å². The molecule has 0 spiro atoms. The van der Waals surface area contributed by atoms with Crippen LogP contribution >= 0.6 is 23.4 Å². The number of rotatable bonds is 7. The fourth-order valence-corrected chi connectivity index (χ4v) is 4.22. The number of fused-ring (bicyclic) bond motifs is 3. The molecule has 0 aliphatic heterocycles. The molecule has 2 heterocycles. The van der Waals surface area contributed by atoms with Gasteiger partial charge in [-0.25, -0.2) is 0 Å². The second-order valence-corrected chi connectivity index (χ2v) is 8.94. The van der Waals surface area contributed by atoms with E-state index in [0.717, 1.165) is 11.9 Å². The molecule has 9 heteroatoms. The minimum atomic E-state index is -0.202. The Bertz CT molecular complexity index is 1310. The highest BCUT2D eigenvalue weighted by molar-refractivity contribution is 7.99. The Morgan fingerprint density at radius 3 is 2.65 bits per heavy atom. The van der Waals surface area contributed by atoms with E-state index in [-0.39, 0.29) is 17.2 Å². The minimum absolute atomic E-state index is 0.0795. The number of halogens is 1. The summed E-state index contributed by atoms with van der Waals surface area (Å²) in [5, 5.41) is 13.0. The molecule has 0 aliphatic rings.